The average molecular weight is 366 g/mol. The lowest BCUT2D eigenvalue weighted by molar-refractivity contribution is 0.0926. The molecule has 0 radical (unpaired) electrons. The zero-order valence-electron chi connectivity index (χ0n) is 15.6. The number of hydrogen-bond acceptors (Lipinski definition) is 2. The SMILES string of the molecule is Cc1ccc(-c2c(N3C(=O)c4ccccc4C3=O)c3ccccc3n2C)cc1. The molecule has 3 aromatic carbocycles. The van der Waals surface area contributed by atoms with E-state index in [9.17, 15) is 9.59 Å². The number of anilines is 1. The van der Waals surface area contributed by atoms with E-state index in [-0.39, 0.29) is 11.8 Å². The van der Waals surface area contributed by atoms with Gasteiger partial charge in [-0.25, -0.2) is 4.90 Å². The lowest BCUT2D eigenvalue weighted by atomic mass is 10.1. The molecule has 0 saturated heterocycles. The van der Waals surface area contributed by atoms with Crippen molar-refractivity contribution in [1.29, 1.82) is 0 Å². The van der Waals surface area contributed by atoms with E-state index < -0.39 is 0 Å². The van der Waals surface area contributed by atoms with Crippen molar-refractivity contribution in [3.63, 3.8) is 0 Å². The van der Waals surface area contributed by atoms with Gasteiger partial charge in [0.2, 0.25) is 0 Å². The summed E-state index contributed by atoms with van der Waals surface area (Å²) in [5, 5.41) is 0.884. The van der Waals surface area contributed by atoms with Crippen LogP contribution in [0.2, 0.25) is 0 Å². The molecule has 0 aliphatic carbocycles. The van der Waals surface area contributed by atoms with Gasteiger partial charge in [0.1, 0.15) is 0 Å². The maximum atomic E-state index is 13.2. The Morgan fingerprint density at radius 2 is 1.29 bits per heavy atom. The number of amides is 2. The Morgan fingerprint density at radius 1 is 0.714 bits per heavy atom. The van der Waals surface area contributed by atoms with Crippen LogP contribution in [0.15, 0.2) is 72.8 Å². The highest BCUT2D eigenvalue weighted by Crippen LogP contribution is 2.43. The van der Waals surface area contributed by atoms with Gasteiger partial charge in [0, 0.05) is 18.0 Å². The van der Waals surface area contributed by atoms with Crippen molar-refractivity contribution in [3.05, 3.63) is 89.5 Å². The third kappa shape index (κ3) is 2.18. The van der Waals surface area contributed by atoms with Gasteiger partial charge in [0.15, 0.2) is 0 Å². The normalized spacial score (nSPS) is 13.4. The molecule has 1 aliphatic heterocycles. The first-order valence-corrected chi connectivity index (χ1v) is 9.20. The van der Waals surface area contributed by atoms with Gasteiger partial charge in [-0.2, -0.15) is 0 Å². The summed E-state index contributed by atoms with van der Waals surface area (Å²) in [4.78, 5) is 27.7. The Labute approximate surface area is 162 Å². The maximum absolute atomic E-state index is 13.2. The molecule has 136 valence electrons. The topological polar surface area (TPSA) is 42.3 Å². The molecule has 4 nitrogen and oxygen atoms in total. The molecule has 0 fully saturated rings. The molecule has 1 aromatic heterocycles. The maximum Gasteiger partial charge on any atom is 0.266 e. The fourth-order valence-electron chi connectivity index (χ4n) is 4.03. The molecule has 2 amide bonds. The highest BCUT2D eigenvalue weighted by molar-refractivity contribution is 6.37. The Bertz CT molecular complexity index is 1230. The number of carbonyl (C=O) groups excluding carboxylic acids is 2. The van der Waals surface area contributed by atoms with Crippen molar-refractivity contribution in [2.24, 2.45) is 7.05 Å². The minimum atomic E-state index is -0.273. The van der Waals surface area contributed by atoms with Crippen LogP contribution in [0.4, 0.5) is 5.69 Å². The molecule has 28 heavy (non-hydrogen) atoms. The number of rotatable bonds is 2. The van der Waals surface area contributed by atoms with Crippen LogP contribution in [-0.4, -0.2) is 16.4 Å². The molecule has 0 unspecified atom stereocenters. The van der Waals surface area contributed by atoms with Gasteiger partial charge in [0.25, 0.3) is 11.8 Å². The number of imide groups is 1. The first-order chi connectivity index (χ1) is 13.6. The molecule has 1 aliphatic rings. The summed E-state index contributed by atoms with van der Waals surface area (Å²) >= 11 is 0. The Hall–Kier alpha value is -3.66. The summed E-state index contributed by atoms with van der Waals surface area (Å²) in [6, 6.07) is 23.0. The van der Waals surface area contributed by atoms with Crippen LogP contribution in [0, 0.1) is 6.92 Å². The zero-order valence-corrected chi connectivity index (χ0v) is 15.6. The minimum absolute atomic E-state index is 0.273. The fourth-order valence-corrected chi connectivity index (χ4v) is 4.03. The van der Waals surface area contributed by atoms with E-state index in [0.717, 1.165) is 27.7 Å². The predicted molar refractivity (Wildman–Crippen MR) is 111 cm³/mol. The molecule has 2 heterocycles. The molecule has 0 N–H and O–H groups in total. The summed E-state index contributed by atoms with van der Waals surface area (Å²) < 4.78 is 2.05. The van der Waals surface area contributed by atoms with Gasteiger partial charge in [-0.1, -0.05) is 60.2 Å². The first-order valence-electron chi connectivity index (χ1n) is 9.20. The largest absolute Gasteiger partial charge is 0.342 e. The highest BCUT2D eigenvalue weighted by Gasteiger charge is 2.39. The van der Waals surface area contributed by atoms with Gasteiger partial charge >= 0.3 is 0 Å². The number of benzene rings is 3. The molecular weight excluding hydrogens is 348 g/mol. The number of para-hydroxylation sites is 1. The molecule has 5 rings (SSSR count). The second-order valence-corrected chi connectivity index (χ2v) is 7.13. The average Bonchev–Trinajstić information content (AvgIpc) is 3.14. The van der Waals surface area contributed by atoms with Crippen molar-refractivity contribution < 1.29 is 9.59 Å². The van der Waals surface area contributed by atoms with Crippen molar-refractivity contribution in [1.82, 2.24) is 4.57 Å². The van der Waals surface area contributed by atoms with Crippen molar-refractivity contribution in [2.45, 2.75) is 6.92 Å². The van der Waals surface area contributed by atoms with Crippen LogP contribution in [0.3, 0.4) is 0 Å². The van der Waals surface area contributed by atoms with Crippen LogP contribution < -0.4 is 4.90 Å². The molecule has 4 heteroatoms. The van der Waals surface area contributed by atoms with Crippen LogP contribution in [0.1, 0.15) is 26.3 Å². The minimum Gasteiger partial charge on any atom is -0.342 e. The van der Waals surface area contributed by atoms with E-state index in [1.807, 2.05) is 62.5 Å². The second kappa shape index (κ2) is 5.92. The second-order valence-electron chi connectivity index (χ2n) is 7.13. The lowest BCUT2D eigenvalue weighted by Gasteiger charge is -2.17. The summed E-state index contributed by atoms with van der Waals surface area (Å²) in [5.74, 6) is -0.546. The standard InChI is InChI=1S/C24H18N2O2/c1-15-11-13-16(14-12-15)21-22(19-9-5-6-10-20(19)25(21)2)26-23(27)17-7-3-4-8-18(17)24(26)28/h3-14H,1-2H3. The number of nitrogens with zero attached hydrogens (tertiary/aromatic N) is 2. The van der Waals surface area contributed by atoms with E-state index in [1.165, 1.54) is 4.90 Å². The number of fused-ring (bicyclic) bond motifs is 2. The lowest BCUT2D eigenvalue weighted by Crippen LogP contribution is -2.29. The van der Waals surface area contributed by atoms with Crippen LogP contribution in [-0.2, 0) is 7.05 Å². The number of aryl methyl sites for hydroxylation is 2. The summed E-state index contributed by atoms with van der Waals surface area (Å²) in [5.41, 5.74) is 5.51. The van der Waals surface area contributed by atoms with Crippen LogP contribution in [0.25, 0.3) is 22.2 Å². The van der Waals surface area contributed by atoms with E-state index in [2.05, 4.69) is 4.57 Å². The number of aromatic nitrogens is 1. The third-order valence-electron chi connectivity index (χ3n) is 5.42. The van der Waals surface area contributed by atoms with E-state index >= 15 is 0 Å². The highest BCUT2D eigenvalue weighted by atomic mass is 16.2. The van der Waals surface area contributed by atoms with Gasteiger partial charge < -0.3 is 4.57 Å². The molecule has 0 bridgehead atoms. The molecule has 0 atom stereocenters. The van der Waals surface area contributed by atoms with Crippen molar-refractivity contribution in [2.75, 3.05) is 4.90 Å². The van der Waals surface area contributed by atoms with Gasteiger partial charge in [-0.15, -0.1) is 0 Å². The van der Waals surface area contributed by atoms with E-state index in [4.69, 9.17) is 0 Å². The fraction of sp³-hybridized carbons (Fsp3) is 0.0833. The summed E-state index contributed by atoms with van der Waals surface area (Å²) in [6.45, 7) is 2.04. The first kappa shape index (κ1) is 16.5. The van der Waals surface area contributed by atoms with Crippen molar-refractivity contribution in [3.8, 4) is 11.3 Å². The van der Waals surface area contributed by atoms with Crippen LogP contribution in [0.5, 0.6) is 0 Å². The van der Waals surface area contributed by atoms with Crippen LogP contribution >= 0.6 is 0 Å². The Kier molecular flexibility index (Phi) is 3.49. The quantitative estimate of drug-likeness (QED) is 0.471. The smallest absolute Gasteiger partial charge is 0.266 e. The van der Waals surface area contributed by atoms with E-state index in [0.29, 0.717) is 16.8 Å². The molecular formula is C24H18N2O2. The monoisotopic (exact) mass is 366 g/mol. The molecule has 0 saturated carbocycles. The Balaban J connectivity index is 1.83. The van der Waals surface area contributed by atoms with Crippen molar-refractivity contribution >= 4 is 28.4 Å². The summed E-state index contributed by atoms with van der Waals surface area (Å²) in [7, 11) is 1.97. The molecule has 0 spiro atoms. The predicted octanol–water partition coefficient (Wildman–Crippen LogP) is 4.95. The van der Waals surface area contributed by atoms with Gasteiger partial charge in [-0.3, -0.25) is 9.59 Å². The van der Waals surface area contributed by atoms with Gasteiger partial charge in [0.05, 0.1) is 28.0 Å². The van der Waals surface area contributed by atoms with Gasteiger partial charge in [-0.05, 0) is 25.1 Å². The summed E-state index contributed by atoms with van der Waals surface area (Å²) in [6.07, 6.45) is 0. The number of carbonyl (C=O) groups is 2. The zero-order chi connectivity index (χ0) is 19.4. The number of hydrogen-bond donors (Lipinski definition) is 0. The third-order valence-corrected chi connectivity index (χ3v) is 5.42. The van der Waals surface area contributed by atoms with E-state index in [1.54, 1.807) is 24.3 Å². The molecule has 4 aromatic rings. The Morgan fingerprint density at radius 3 is 1.93 bits per heavy atom.